The molecule has 0 saturated carbocycles. The van der Waals surface area contributed by atoms with Crippen LogP contribution in [0.25, 0.3) is 44.7 Å². The molecule has 0 radical (unpaired) electrons. The van der Waals surface area contributed by atoms with E-state index < -0.39 is 5.41 Å². The van der Waals surface area contributed by atoms with Crippen molar-refractivity contribution in [1.82, 2.24) is 9.97 Å². The quantitative estimate of drug-likeness (QED) is 0.187. The van der Waals surface area contributed by atoms with Crippen molar-refractivity contribution in [2.45, 2.75) is 24.7 Å². The Labute approximate surface area is 304 Å². The van der Waals surface area contributed by atoms with Gasteiger partial charge in [-0.1, -0.05) is 184 Å². The number of allylic oxidation sites excluding steroid dienone is 1. The first kappa shape index (κ1) is 30.4. The van der Waals surface area contributed by atoms with Crippen LogP contribution in [0, 0.1) is 0 Å². The van der Waals surface area contributed by atoms with Crippen LogP contribution < -0.4 is 0 Å². The molecule has 1 heterocycles. The fraction of sp³-hybridized carbons (Fsp3) is 0.0800. The van der Waals surface area contributed by atoms with Gasteiger partial charge in [-0.25, -0.2) is 9.97 Å². The minimum Gasteiger partial charge on any atom is -0.228 e. The van der Waals surface area contributed by atoms with Crippen LogP contribution in [-0.2, 0) is 10.8 Å². The Morgan fingerprint density at radius 3 is 1.67 bits per heavy atom. The Bertz CT molecular complexity index is 2650. The molecule has 0 unspecified atom stereocenters. The third kappa shape index (κ3) is 4.31. The Morgan fingerprint density at radius 2 is 0.981 bits per heavy atom. The molecule has 0 bridgehead atoms. The van der Waals surface area contributed by atoms with Crippen molar-refractivity contribution in [1.29, 1.82) is 0 Å². The Kier molecular flexibility index (Phi) is 6.78. The summed E-state index contributed by atoms with van der Waals surface area (Å²) in [6.07, 6.45) is 0. The van der Waals surface area contributed by atoms with Crippen molar-refractivity contribution in [2.24, 2.45) is 0 Å². The van der Waals surface area contributed by atoms with Gasteiger partial charge in [-0.05, 0) is 67.8 Å². The van der Waals surface area contributed by atoms with Gasteiger partial charge in [-0.3, -0.25) is 0 Å². The van der Waals surface area contributed by atoms with E-state index in [9.17, 15) is 0 Å². The molecule has 0 spiro atoms. The predicted octanol–water partition coefficient (Wildman–Crippen LogP) is 11.9. The molecular formula is C50H36N2. The van der Waals surface area contributed by atoms with E-state index in [2.05, 4.69) is 190 Å². The van der Waals surface area contributed by atoms with Crippen LogP contribution in [0.2, 0.25) is 0 Å². The van der Waals surface area contributed by atoms with Crippen molar-refractivity contribution in [3.63, 3.8) is 0 Å². The van der Waals surface area contributed by atoms with Crippen molar-refractivity contribution in [3.8, 4) is 22.6 Å². The third-order valence-electron chi connectivity index (χ3n) is 11.4. The topological polar surface area (TPSA) is 25.8 Å². The fourth-order valence-corrected chi connectivity index (χ4v) is 9.16. The van der Waals surface area contributed by atoms with Crippen molar-refractivity contribution < 1.29 is 0 Å². The van der Waals surface area contributed by atoms with E-state index in [4.69, 9.17) is 9.97 Å². The van der Waals surface area contributed by atoms with Crippen LogP contribution in [0.5, 0.6) is 0 Å². The first-order valence-corrected chi connectivity index (χ1v) is 18.1. The van der Waals surface area contributed by atoms with Crippen molar-refractivity contribution >= 4 is 22.0 Å². The number of fused-ring (bicyclic) bond motifs is 7. The highest BCUT2D eigenvalue weighted by Crippen LogP contribution is 2.61. The van der Waals surface area contributed by atoms with E-state index in [1.165, 1.54) is 55.7 Å². The highest BCUT2D eigenvalue weighted by atomic mass is 14.9. The molecule has 2 heteroatoms. The highest BCUT2D eigenvalue weighted by Gasteiger charge is 2.49. The smallest absolute Gasteiger partial charge is 0.160 e. The second-order valence-electron chi connectivity index (χ2n) is 14.5. The zero-order valence-electron chi connectivity index (χ0n) is 29.2. The van der Waals surface area contributed by atoms with E-state index in [0.29, 0.717) is 0 Å². The van der Waals surface area contributed by atoms with Crippen LogP contribution >= 0.6 is 0 Å². The van der Waals surface area contributed by atoms with E-state index in [1.807, 2.05) is 6.07 Å². The molecule has 246 valence electrons. The molecule has 1 aromatic heterocycles. The minimum absolute atomic E-state index is 0.269. The highest BCUT2D eigenvalue weighted by molar-refractivity contribution is 6.10. The van der Waals surface area contributed by atoms with Gasteiger partial charge in [0.15, 0.2) is 5.82 Å². The number of benzene rings is 7. The summed E-state index contributed by atoms with van der Waals surface area (Å²) < 4.78 is 0. The normalized spacial score (nSPS) is 15.0. The van der Waals surface area contributed by atoms with E-state index >= 15 is 0 Å². The number of rotatable bonds is 4. The van der Waals surface area contributed by atoms with Crippen LogP contribution in [-0.4, -0.2) is 9.97 Å². The second-order valence-corrected chi connectivity index (χ2v) is 14.5. The Morgan fingerprint density at radius 1 is 0.423 bits per heavy atom. The summed E-state index contributed by atoms with van der Waals surface area (Å²) in [5.74, 6) is 0.734. The number of hydrogen-bond acceptors (Lipinski definition) is 2. The summed E-state index contributed by atoms with van der Waals surface area (Å²) in [7, 11) is 0. The lowest BCUT2D eigenvalue weighted by Gasteiger charge is -2.39. The fourth-order valence-electron chi connectivity index (χ4n) is 9.16. The summed E-state index contributed by atoms with van der Waals surface area (Å²) in [5, 5.41) is 1.05. The molecule has 7 aromatic carbocycles. The lowest BCUT2D eigenvalue weighted by atomic mass is 9.62. The monoisotopic (exact) mass is 664 g/mol. The van der Waals surface area contributed by atoms with Gasteiger partial charge in [0, 0.05) is 21.9 Å². The SMILES string of the molecule is CC1(C)C2=C(c3cc(-c4nc(-c5ccccc5)c5ccccc5n4)ccc31)c1ccccc1C(c1ccccc1)(c1ccccc1)c1ccccc12. The van der Waals surface area contributed by atoms with Gasteiger partial charge in [-0.2, -0.15) is 0 Å². The maximum atomic E-state index is 5.28. The minimum atomic E-state index is -0.542. The second kappa shape index (κ2) is 11.6. The third-order valence-corrected chi connectivity index (χ3v) is 11.4. The maximum absolute atomic E-state index is 5.28. The lowest BCUT2D eigenvalue weighted by molar-refractivity contribution is 0.695. The zero-order chi connectivity index (χ0) is 34.9. The predicted molar refractivity (Wildman–Crippen MR) is 214 cm³/mol. The molecule has 52 heavy (non-hydrogen) atoms. The first-order valence-electron chi connectivity index (χ1n) is 18.1. The molecule has 2 nitrogen and oxygen atoms in total. The van der Waals surface area contributed by atoms with Crippen molar-refractivity contribution in [2.75, 3.05) is 0 Å². The molecule has 8 aromatic rings. The number of nitrogens with zero attached hydrogens (tertiary/aromatic N) is 2. The van der Waals surface area contributed by atoms with Crippen LogP contribution in [0.4, 0.5) is 0 Å². The van der Waals surface area contributed by atoms with E-state index in [0.717, 1.165) is 33.5 Å². The standard InChI is InChI=1S/C50H36N2/c1-49(2)41-31-30-34(48-51-44-29-17-14-26-39(44)47(52-48)33-18-6-3-7-19-33)32-40(41)45-37-24-12-15-27-42(37)50(35-20-8-4-9-21-35,36-22-10-5-11-23-36)43-28-16-13-25-38(43)46(45)49/h3-32H,1-2H3. The van der Waals surface area contributed by atoms with E-state index in [-0.39, 0.29) is 5.41 Å². The number of para-hydroxylation sites is 1. The van der Waals surface area contributed by atoms with E-state index in [1.54, 1.807) is 0 Å². The van der Waals surface area contributed by atoms with Gasteiger partial charge in [-0.15, -0.1) is 0 Å². The molecule has 0 N–H and O–H groups in total. The van der Waals surface area contributed by atoms with Gasteiger partial charge in [0.2, 0.25) is 0 Å². The molecule has 0 saturated heterocycles. The molecule has 0 atom stereocenters. The van der Waals surface area contributed by atoms with Crippen LogP contribution in [0.3, 0.4) is 0 Å². The first-order chi connectivity index (χ1) is 25.6. The summed E-state index contributed by atoms with van der Waals surface area (Å²) >= 11 is 0. The molecular weight excluding hydrogens is 629 g/mol. The van der Waals surface area contributed by atoms with Crippen molar-refractivity contribution in [3.05, 3.63) is 226 Å². The average Bonchev–Trinajstić information content (AvgIpc) is 3.36. The molecule has 0 fully saturated rings. The molecule has 10 rings (SSSR count). The van der Waals surface area contributed by atoms with Gasteiger partial charge in [0.1, 0.15) is 0 Å². The van der Waals surface area contributed by atoms with Gasteiger partial charge in [0.05, 0.1) is 16.6 Å². The summed E-state index contributed by atoms with van der Waals surface area (Å²) in [4.78, 5) is 10.5. The van der Waals surface area contributed by atoms with Gasteiger partial charge in [0.25, 0.3) is 0 Å². The maximum Gasteiger partial charge on any atom is 0.160 e. The molecule has 2 aliphatic rings. The summed E-state index contributed by atoms with van der Waals surface area (Å²) in [6.45, 7) is 4.79. The zero-order valence-corrected chi connectivity index (χ0v) is 29.2. The summed E-state index contributed by atoms with van der Waals surface area (Å²) in [6, 6.07) is 66.1. The molecule has 0 aliphatic heterocycles. The van der Waals surface area contributed by atoms with Gasteiger partial charge < -0.3 is 0 Å². The Balaban J connectivity index is 1.28. The van der Waals surface area contributed by atoms with Crippen LogP contribution in [0.15, 0.2) is 182 Å². The van der Waals surface area contributed by atoms with Crippen LogP contribution in [0.1, 0.15) is 58.4 Å². The largest absolute Gasteiger partial charge is 0.228 e. The average molecular weight is 665 g/mol. The number of aromatic nitrogens is 2. The van der Waals surface area contributed by atoms with Gasteiger partial charge >= 0.3 is 0 Å². The summed E-state index contributed by atoms with van der Waals surface area (Å²) in [5.41, 5.74) is 16.0. The number of hydrogen-bond donors (Lipinski definition) is 0. The Hall–Kier alpha value is -6.38. The molecule has 2 aliphatic carbocycles. The molecule has 0 amide bonds. The lowest BCUT2D eigenvalue weighted by Crippen LogP contribution is -2.33.